The van der Waals surface area contributed by atoms with Crippen molar-refractivity contribution < 1.29 is 13.2 Å². The highest BCUT2D eigenvalue weighted by Crippen LogP contribution is 2.17. The van der Waals surface area contributed by atoms with E-state index in [9.17, 15) is 13.2 Å². The van der Waals surface area contributed by atoms with Crippen LogP contribution in [0.1, 0.15) is 17.5 Å². The van der Waals surface area contributed by atoms with E-state index in [0.29, 0.717) is 23.7 Å². The smallest absolute Gasteiger partial charge is 0.240 e. The van der Waals surface area contributed by atoms with E-state index in [2.05, 4.69) is 4.72 Å². The van der Waals surface area contributed by atoms with Gasteiger partial charge in [-0.25, -0.2) is 8.42 Å². The molecule has 2 rings (SSSR count). The highest BCUT2D eigenvalue weighted by molar-refractivity contribution is 7.98. The zero-order valence-electron chi connectivity index (χ0n) is 16.4. The number of sulfonamides is 1. The van der Waals surface area contributed by atoms with Crippen LogP contribution in [0.15, 0.2) is 60.0 Å². The first kappa shape index (κ1) is 23.5. The summed E-state index contributed by atoms with van der Waals surface area (Å²) in [5, 5.41) is 1.66. The molecule has 0 bridgehead atoms. The van der Waals surface area contributed by atoms with Crippen LogP contribution in [0.25, 0.3) is 6.08 Å². The van der Waals surface area contributed by atoms with Crippen molar-refractivity contribution in [2.24, 2.45) is 0 Å². The molecule has 1 atom stereocenters. The van der Waals surface area contributed by atoms with Gasteiger partial charge in [0, 0.05) is 24.0 Å². The van der Waals surface area contributed by atoms with E-state index in [1.807, 2.05) is 42.7 Å². The zero-order valence-corrected chi connectivity index (χ0v) is 18.8. The Morgan fingerprint density at radius 1 is 1.17 bits per heavy atom. The van der Waals surface area contributed by atoms with Gasteiger partial charge in [-0.1, -0.05) is 60.1 Å². The lowest BCUT2D eigenvalue weighted by Gasteiger charge is -2.24. The Bertz CT molecular complexity index is 934. The molecular weight excluding hydrogens is 428 g/mol. The maximum absolute atomic E-state index is 12.9. The molecule has 0 radical (unpaired) electrons. The van der Waals surface area contributed by atoms with Gasteiger partial charge in [0.15, 0.2) is 0 Å². The molecule has 0 aliphatic carbocycles. The highest BCUT2D eigenvalue weighted by Gasteiger charge is 2.26. The third-order valence-corrected chi connectivity index (χ3v) is 6.32. The fraction of sp³-hybridized carbons (Fsp3) is 0.286. The predicted molar refractivity (Wildman–Crippen MR) is 122 cm³/mol. The van der Waals surface area contributed by atoms with Gasteiger partial charge in [-0.3, -0.25) is 4.79 Å². The maximum atomic E-state index is 12.9. The van der Waals surface area contributed by atoms with Crippen molar-refractivity contribution in [2.75, 3.05) is 19.1 Å². The molecule has 2 aromatic rings. The van der Waals surface area contributed by atoms with Gasteiger partial charge < -0.3 is 4.90 Å². The quantitative estimate of drug-likeness (QED) is 0.591. The predicted octanol–water partition coefficient (Wildman–Crippen LogP) is 4.01. The van der Waals surface area contributed by atoms with Crippen LogP contribution in [0.4, 0.5) is 0 Å². The number of carbonyl (C=O) groups is 1. The summed E-state index contributed by atoms with van der Waals surface area (Å²) in [6.45, 7) is 0.301. The minimum absolute atomic E-state index is 0.296. The molecule has 5 nitrogen and oxygen atoms in total. The Kier molecular flexibility index (Phi) is 9.23. The molecule has 2 aromatic carbocycles. The number of amides is 1. The number of hydrogen-bond donors (Lipinski definition) is 1. The van der Waals surface area contributed by atoms with Gasteiger partial charge in [-0.05, 0) is 41.7 Å². The molecule has 1 unspecified atom stereocenters. The monoisotopic (exact) mass is 452 g/mol. The number of carbonyl (C=O) groups excluding carboxylic acids is 1. The number of halogens is 1. The SMILES string of the molecule is CSCCC(NS(=O)(=O)/C=C/c1ccccc1)C(=O)N(C)Cc1ccccc1Cl. The van der Waals surface area contributed by atoms with Gasteiger partial charge in [0.1, 0.15) is 6.04 Å². The van der Waals surface area contributed by atoms with Crippen LogP contribution in [0.3, 0.4) is 0 Å². The van der Waals surface area contributed by atoms with E-state index in [1.165, 1.54) is 11.0 Å². The summed E-state index contributed by atoms with van der Waals surface area (Å²) in [7, 11) is -2.14. The number of rotatable bonds is 10. The van der Waals surface area contributed by atoms with Crippen molar-refractivity contribution in [2.45, 2.75) is 19.0 Å². The molecule has 0 heterocycles. The average Bonchev–Trinajstić information content (AvgIpc) is 2.71. The maximum Gasteiger partial charge on any atom is 0.240 e. The molecule has 0 fully saturated rings. The molecule has 1 N–H and O–H groups in total. The van der Waals surface area contributed by atoms with Crippen LogP contribution < -0.4 is 4.72 Å². The molecule has 156 valence electrons. The van der Waals surface area contributed by atoms with Gasteiger partial charge in [-0.15, -0.1) is 0 Å². The molecule has 1 amide bonds. The Morgan fingerprint density at radius 3 is 2.48 bits per heavy atom. The van der Waals surface area contributed by atoms with Crippen LogP contribution in [0.5, 0.6) is 0 Å². The molecule has 0 saturated carbocycles. The van der Waals surface area contributed by atoms with Gasteiger partial charge in [0.25, 0.3) is 0 Å². The summed E-state index contributed by atoms with van der Waals surface area (Å²) < 4.78 is 27.6. The summed E-state index contributed by atoms with van der Waals surface area (Å²) in [6.07, 6.45) is 3.82. The van der Waals surface area contributed by atoms with Gasteiger partial charge in [0.2, 0.25) is 15.9 Å². The minimum atomic E-state index is -3.78. The fourth-order valence-electron chi connectivity index (χ4n) is 2.66. The summed E-state index contributed by atoms with van der Waals surface area (Å²) in [5.74, 6) is 0.358. The third-order valence-electron chi connectivity index (χ3n) is 4.20. The Balaban J connectivity index is 2.11. The van der Waals surface area contributed by atoms with Crippen molar-refractivity contribution in [3.8, 4) is 0 Å². The van der Waals surface area contributed by atoms with Crippen LogP contribution in [0, 0.1) is 0 Å². The van der Waals surface area contributed by atoms with Gasteiger partial charge in [0.05, 0.1) is 0 Å². The highest BCUT2D eigenvalue weighted by atomic mass is 35.5. The number of nitrogens with one attached hydrogen (secondary N) is 1. The minimum Gasteiger partial charge on any atom is -0.340 e. The van der Waals surface area contributed by atoms with Crippen LogP contribution in [-0.2, 0) is 21.4 Å². The number of nitrogens with zero attached hydrogens (tertiary/aromatic N) is 1. The van der Waals surface area contributed by atoms with E-state index in [4.69, 9.17) is 11.6 Å². The second-order valence-corrected chi connectivity index (χ2v) is 9.49. The summed E-state index contributed by atoms with van der Waals surface area (Å²) in [4.78, 5) is 14.4. The van der Waals surface area contributed by atoms with E-state index < -0.39 is 16.1 Å². The van der Waals surface area contributed by atoms with Crippen molar-refractivity contribution in [3.63, 3.8) is 0 Å². The summed E-state index contributed by atoms with van der Waals surface area (Å²) in [5.41, 5.74) is 1.57. The Morgan fingerprint density at radius 2 is 1.83 bits per heavy atom. The van der Waals surface area contributed by atoms with Crippen molar-refractivity contribution in [1.29, 1.82) is 0 Å². The lowest BCUT2D eigenvalue weighted by Crippen LogP contribution is -2.46. The van der Waals surface area contributed by atoms with Crippen LogP contribution in [0.2, 0.25) is 5.02 Å². The molecule has 0 aliphatic rings. The van der Waals surface area contributed by atoms with E-state index in [0.717, 1.165) is 16.5 Å². The van der Waals surface area contributed by atoms with Gasteiger partial charge >= 0.3 is 0 Å². The second-order valence-electron chi connectivity index (χ2n) is 6.50. The lowest BCUT2D eigenvalue weighted by atomic mass is 10.1. The second kappa shape index (κ2) is 11.4. The first-order valence-corrected chi connectivity index (χ1v) is 12.4. The largest absolute Gasteiger partial charge is 0.340 e. The molecule has 0 aromatic heterocycles. The lowest BCUT2D eigenvalue weighted by molar-refractivity contribution is -0.132. The van der Waals surface area contributed by atoms with Crippen LogP contribution in [-0.4, -0.2) is 44.3 Å². The number of benzene rings is 2. The normalized spacial score (nSPS) is 12.8. The molecule has 0 aliphatic heterocycles. The summed E-state index contributed by atoms with van der Waals surface area (Å²) in [6, 6.07) is 15.6. The van der Waals surface area contributed by atoms with Gasteiger partial charge in [-0.2, -0.15) is 16.5 Å². The van der Waals surface area contributed by atoms with Crippen molar-refractivity contribution in [3.05, 3.63) is 76.2 Å². The standard InChI is InChI=1S/C21H25ClN2O3S2/c1-24(16-18-10-6-7-11-19(18)22)21(25)20(12-14-28-2)23-29(26,27)15-13-17-8-4-3-5-9-17/h3-11,13,15,20,23H,12,14,16H2,1-2H3/b15-13+. The van der Waals surface area contributed by atoms with Crippen molar-refractivity contribution >= 4 is 45.4 Å². The zero-order chi connectivity index (χ0) is 21.3. The topological polar surface area (TPSA) is 66.5 Å². The molecular formula is C21H25ClN2O3S2. The van der Waals surface area contributed by atoms with Crippen LogP contribution >= 0.6 is 23.4 Å². The number of likely N-dealkylation sites (N-methyl/N-ethyl adjacent to an activating group) is 1. The summed E-state index contributed by atoms with van der Waals surface area (Å²) >= 11 is 7.74. The van der Waals surface area contributed by atoms with Crippen molar-refractivity contribution in [1.82, 2.24) is 9.62 Å². The Labute approximate surface area is 182 Å². The molecule has 0 saturated heterocycles. The fourth-order valence-corrected chi connectivity index (χ4v) is 4.36. The van der Waals surface area contributed by atoms with E-state index in [1.54, 1.807) is 37.0 Å². The first-order chi connectivity index (χ1) is 13.8. The number of thioether (sulfide) groups is 1. The molecule has 29 heavy (non-hydrogen) atoms. The Hall–Kier alpha value is -1.80. The molecule has 0 spiro atoms. The first-order valence-electron chi connectivity index (χ1n) is 9.05. The molecule has 8 heteroatoms. The van der Waals surface area contributed by atoms with E-state index >= 15 is 0 Å². The third kappa shape index (κ3) is 7.85. The average molecular weight is 453 g/mol. The number of hydrogen-bond acceptors (Lipinski definition) is 4. The van der Waals surface area contributed by atoms with E-state index in [-0.39, 0.29) is 5.91 Å².